The van der Waals surface area contributed by atoms with Gasteiger partial charge in [-0.3, -0.25) is 14.9 Å². The van der Waals surface area contributed by atoms with E-state index in [-0.39, 0.29) is 11.3 Å². The van der Waals surface area contributed by atoms with Gasteiger partial charge in [0.1, 0.15) is 0 Å². The first-order valence-corrected chi connectivity index (χ1v) is 7.21. The maximum absolute atomic E-state index is 12.0. The van der Waals surface area contributed by atoms with E-state index in [0.29, 0.717) is 0 Å². The first-order chi connectivity index (χ1) is 11.6. The topological polar surface area (TPSA) is 84.6 Å². The summed E-state index contributed by atoms with van der Waals surface area (Å²) >= 11 is 0. The molecule has 3 aromatic carbocycles. The molecule has 0 fully saturated rings. The summed E-state index contributed by atoms with van der Waals surface area (Å²) in [5.74, 6) is -0.504. The molecule has 0 aliphatic carbocycles. The average molecular weight is 319 g/mol. The lowest BCUT2D eigenvalue weighted by Crippen LogP contribution is -2.17. The van der Waals surface area contributed by atoms with Gasteiger partial charge in [0, 0.05) is 23.3 Å². The molecule has 0 spiro atoms. The number of fused-ring (bicyclic) bond motifs is 1. The molecular formula is C18H13N3O3. The fourth-order valence-corrected chi connectivity index (χ4v) is 2.35. The van der Waals surface area contributed by atoms with Crippen LogP contribution in [0.2, 0.25) is 0 Å². The van der Waals surface area contributed by atoms with Crippen molar-refractivity contribution in [3.8, 4) is 0 Å². The predicted octanol–water partition coefficient (Wildman–Crippen LogP) is 3.51. The Labute approximate surface area is 137 Å². The van der Waals surface area contributed by atoms with Crippen LogP contribution in [0.15, 0.2) is 71.8 Å². The molecule has 0 saturated carbocycles. The molecule has 0 aliphatic heterocycles. The van der Waals surface area contributed by atoms with Gasteiger partial charge >= 0.3 is 0 Å². The molecule has 3 aromatic rings. The minimum absolute atomic E-state index is 0.138. The number of nitrogens with one attached hydrogen (secondary N) is 1. The highest BCUT2D eigenvalue weighted by Crippen LogP contribution is 2.17. The van der Waals surface area contributed by atoms with Gasteiger partial charge in [-0.2, -0.15) is 5.10 Å². The van der Waals surface area contributed by atoms with Crippen LogP contribution in [0.5, 0.6) is 0 Å². The number of benzene rings is 3. The largest absolute Gasteiger partial charge is 0.271 e. The standard InChI is InChI=1S/C18H13N3O3/c22-18(14-7-4-9-16(11-14)21(23)24)20-19-12-15-8-3-6-13-5-1-2-10-17(13)15/h1-12H,(H,20,22). The number of nitro benzene ring substituents is 1. The number of nitrogens with zero attached hydrogens (tertiary/aromatic N) is 2. The summed E-state index contributed by atoms with van der Waals surface area (Å²) in [7, 11) is 0. The first kappa shape index (κ1) is 15.4. The molecule has 118 valence electrons. The number of rotatable bonds is 4. The molecule has 0 bridgehead atoms. The Bertz CT molecular complexity index is 946. The fourth-order valence-electron chi connectivity index (χ4n) is 2.35. The quantitative estimate of drug-likeness (QED) is 0.453. The van der Waals surface area contributed by atoms with Crippen molar-refractivity contribution < 1.29 is 9.72 Å². The van der Waals surface area contributed by atoms with Crippen molar-refractivity contribution in [3.05, 3.63) is 88.0 Å². The van der Waals surface area contributed by atoms with Crippen LogP contribution in [0.4, 0.5) is 5.69 Å². The van der Waals surface area contributed by atoms with Gasteiger partial charge in [0.15, 0.2) is 0 Å². The van der Waals surface area contributed by atoms with Crippen LogP contribution < -0.4 is 5.43 Å². The van der Waals surface area contributed by atoms with Gasteiger partial charge in [0.05, 0.1) is 11.1 Å². The van der Waals surface area contributed by atoms with Gasteiger partial charge in [-0.15, -0.1) is 0 Å². The summed E-state index contributed by atoms with van der Waals surface area (Å²) in [6.07, 6.45) is 1.55. The van der Waals surface area contributed by atoms with E-state index in [1.165, 1.54) is 24.3 Å². The van der Waals surface area contributed by atoms with Crippen LogP contribution in [0.25, 0.3) is 10.8 Å². The Hall–Kier alpha value is -3.54. The van der Waals surface area contributed by atoms with Crippen LogP contribution in [-0.2, 0) is 0 Å². The third kappa shape index (κ3) is 3.27. The smallest absolute Gasteiger partial charge is 0.267 e. The van der Waals surface area contributed by atoms with E-state index in [4.69, 9.17) is 0 Å². The van der Waals surface area contributed by atoms with Crippen LogP contribution in [0, 0.1) is 10.1 Å². The van der Waals surface area contributed by atoms with E-state index < -0.39 is 10.8 Å². The zero-order chi connectivity index (χ0) is 16.9. The van der Waals surface area contributed by atoms with Crippen LogP contribution in [-0.4, -0.2) is 17.0 Å². The Balaban J connectivity index is 1.77. The maximum atomic E-state index is 12.0. The minimum Gasteiger partial charge on any atom is -0.267 e. The molecule has 24 heavy (non-hydrogen) atoms. The van der Waals surface area contributed by atoms with Gasteiger partial charge in [-0.25, -0.2) is 5.43 Å². The molecular weight excluding hydrogens is 306 g/mol. The zero-order valence-electron chi connectivity index (χ0n) is 12.5. The lowest BCUT2D eigenvalue weighted by Gasteiger charge is -2.02. The Morgan fingerprint density at radius 1 is 1.04 bits per heavy atom. The molecule has 0 heterocycles. The summed E-state index contributed by atoms with van der Waals surface area (Å²) in [6, 6.07) is 19.1. The molecule has 0 aromatic heterocycles. The second-order valence-electron chi connectivity index (χ2n) is 5.07. The number of hydrogen-bond donors (Lipinski definition) is 1. The molecule has 0 aliphatic rings. The molecule has 0 unspecified atom stereocenters. The summed E-state index contributed by atoms with van der Waals surface area (Å²) in [4.78, 5) is 22.2. The highest BCUT2D eigenvalue weighted by atomic mass is 16.6. The number of carbonyl (C=O) groups is 1. The Morgan fingerprint density at radius 3 is 2.62 bits per heavy atom. The van der Waals surface area contributed by atoms with Gasteiger partial charge in [0.2, 0.25) is 0 Å². The Morgan fingerprint density at radius 2 is 1.79 bits per heavy atom. The molecule has 0 radical (unpaired) electrons. The van der Waals surface area contributed by atoms with E-state index in [9.17, 15) is 14.9 Å². The van der Waals surface area contributed by atoms with Gasteiger partial charge in [-0.05, 0) is 16.8 Å². The number of hydrazone groups is 1. The van der Waals surface area contributed by atoms with Crippen molar-refractivity contribution in [3.63, 3.8) is 0 Å². The predicted molar refractivity (Wildman–Crippen MR) is 92.1 cm³/mol. The van der Waals surface area contributed by atoms with Crippen molar-refractivity contribution in [1.29, 1.82) is 0 Å². The summed E-state index contributed by atoms with van der Waals surface area (Å²) < 4.78 is 0. The highest BCUT2D eigenvalue weighted by molar-refractivity contribution is 6.00. The van der Waals surface area contributed by atoms with Crippen LogP contribution in [0.1, 0.15) is 15.9 Å². The van der Waals surface area contributed by atoms with Crippen molar-refractivity contribution in [2.24, 2.45) is 5.10 Å². The van der Waals surface area contributed by atoms with Crippen molar-refractivity contribution in [1.82, 2.24) is 5.43 Å². The van der Waals surface area contributed by atoms with Crippen molar-refractivity contribution in [2.75, 3.05) is 0 Å². The van der Waals surface area contributed by atoms with Crippen molar-refractivity contribution >= 4 is 28.6 Å². The molecule has 1 amide bonds. The second kappa shape index (κ2) is 6.70. The zero-order valence-corrected chi connectivity index (χ0v) is 12.5. The summed E-state index contributed by atoms with van der Waals surface area (Å²) in [6.45, 7) is 0. The third-order valence-electron chi connectivity index (χ3n) is 3.51. The lowest BCUT2D eigenvalue weighted by atomic mass is 10.1. The number of non-ortho nitro benzene ring substituents is 1. The highest BCUT2D eigenvalue weighted by Gasteiger charge is 2.10. The number of amides is 1. The molecule has 0 atom stereocenters. The third-order valence-corrected chi connectivity index (χ3v) is 3.51. The van der Waals surface area contributed by atoms with Gasteiger partial charge < -0.3 is 0 Å². The normalized spacial score (nSPS) is 10.8. The van der Waals surface area contributed by atoms with E-state index in [1.807, 2.05) is 42.5 Å². The van der Waals surface area contributed by atoms with E-state index >= 15 is 0 Å². The number of carbonyl (C=O) groups excluding carboxylic acids is 1. The summed E-state index contributed by atoms with van der Waals surface area (Å²) in [5.41, 5.74) is 3.30. The second-order valence-corrected chi connectivity index (χ2v) is 5.07. The van der Waals surface area contributed by atoms with E-state index in [1.54, 1.807) is 6.21 Å². The van der Waals surface area contributed by atoms with Crippen LogP contribution in [0.3, 0.4) is 0 Å². The SMILES string of the molecule is O=C(NN=Cc1cccc2ccccc12)c1cccc([N+](=O)[O-])c1. The maximum Gasteiger partial charge on any atom is 0.271 e. The molecule has 1 N–H and O–H groups in total. The van der Waals surface area contributed by atoms with E-state index in [2.05, 4.69) is 10.5 Å². The van der Waals surface area contributed by atoms with E-state index in [0.717, 1.165) is 16.3 Å². The molecule has 0 saturated heterocycles. The lowest BCUT2D eigenvalue weighted by molar-refractivity contribution is -0.384. The first-order valence-electron chi connectivity index (χ1n) is 7.21. The number of hydrogen-bond acceptors (Lipinski definition) is 4. The van der Waals surface area contributed by atoms with Crippen molar-refractivity contribution in [2.45, 2.75) is 0 Å². The van der Waals surface area contributed by atoms with Crippen LogP contribution >= 0.6 is 0 Å². The Kier molecular flexibility index (Phi) is 4.29. The molecule has 6 nitrogen and oxygen atoms in total. The van der Waals surface area contributed by atoms with Gasteiger partial charge in [0.25, 0.3) is 11.6 Å². The molecule has 6 heteroatoms. The monoisotopic (exact) mass is 319 g/mol. The number of nitro groups is 1. The minimum atomic E-state index is -0.545. The van der Waals surface area contributed by atoms with Gasteiger partial charge in [-0.1, -0.05) is 48.5 Å². The fraction of sp³-hybridized carbons (Fsp3) is 0. The average Bonchev–Trinajstić information content (AvgIpc) is 2.62. The molecule has 3 rings (SSSR count). The summed E-state index contributed by atoms with van der Waals surface area (Å²) in [5, 5.41) is 16.8.